The van der Waals surface area contributed by atoms with Crippen LogP contribution in [0.4, 0.5) is 10.9 Å². The molecule has 4 aromatic rings. The van der Waals surface area contributed by atoms with Crippen molar-refractivity contribution >= 4 is 39.2 Å². The molecule has 2 aliphatic heterocycles. The second kappa shape index (κ2) is 10.5. The third-order valence-electron chi connectivity index (χ3n) is 6.63. The molecule has 0 unspecified atom stereocenters. The fraction of sp³-hybridized carbons (Fsp3) is 0.440. The smallest absolute Gasteiger partial charge is 0.252 e. The molecule has 0 aliphatic carbocycles. The average Bonchev–Trinajstić information content (AvgIpc) is 3.71. The number of nitrogens with one attached hydrogen (secondary N) is 2. The fourth-order valence-electron chi connectivity index (χ4n) is 4.58. The van der Waals surface area contributed by atoms with Gasteiger partial charge >= 0.3 is 0 Å². The van der Waals surface area contributed by atoms with Gasteiger partial charge in [-0.05, 0) is 30.9 Å². The number of ether oxygens (including phenoxy) is 3. The highest BCUT2D eigenvalue weighted by Gasteiger charge is 2.23. The first-order chi connectivity index (χ1) is 18.1. The third kappa shape index (κ3) is 5.31. The summed E-state index contributed by atoms with van der Waals surface area (Å²) in [6.45, 7) is 3.40. The summed E-state index contributed by atoms with van der Waals surface area (Å²) in [5, 5.41) is 13.2. The quantitative estimate of drug-likeness (QED) is 0.361. The molecule has 194 valence electrons. The summed E-state index contributed by atoms with van der Waals surface area (Å²) in [6, 6.07) is 3.75. The van der Waals surface area contributed by atoms with Crippen LogP contribution in [0.2, 0.25) is 0 Å². The lowest BCUT2D eigenvalue weighted by molar-refractivity contribution is 0.0643. The zero-order valence-corrected chi connectivity index (χ0v) is 21.4. The van der Waals surface area contributed by atoms with Gasteiger partial charge in [-0.1, -0.05) is 0 Å². The van der Waals surface area contributed by atoms with Gasteiger partial charge in [0.1, 0.15) is 11.6 Å². The van der Waals surface area contributed by atoms with Gasteiger partial charge < -0.3 is 29.4 Å². The van der Waals surface area contributed by atoms with E-state index in [0.717, 1.165) is 54.2 Å². The Morgan fingerprint density at radius 3 is 2.86 bits per heavy atom. The van der Waals surface area contributed by atoms with Crippen molar-refractivity contribution in [1.29, 1.82) is 0 Å². The summed E-state index contributed by atoms with van der Waals surface area (Å²) in [5.41, 5.74) is 3.01. The van der Waals surface area contributed by atoms with Gasteiger partial charge in [0.05, 0.1) is 41.2 Å². The molecule has 11 nitrogen and oxygen atoms in total. The fourth-order valence-corrected chi connectivity index (χ4v) is 5.36. The first-order valence-electron chi connectivity index (χ1n) is 12.5. The van der Waals surface area contributed by atoms with Crippen molar-refractivity contribution in [3.8, 4) is 11.6 Å². The lowest BCUT2D eigenvalue weighted by Gasteiger charge is -2.21. The normalized spacial score (nSPS) is 18.4. The van der Waals surface area contributed by atoms with Crippen LogP contribution in [0.5, 0.6) is 5.88 Å². The van der Waals surface area contributed by atoms with Crippen LogP contribution in [0.3, 0.4) is 0 Å². The second-order valence-corrected chi connectivity index (χ2v) is 10.2. The monoisotopic (exact) mass is 523 g/mol. The number of aromatic nitrogens is 5. The molecule has 2 saturated heterocycles. The van der Waals surface area contributed by atoms with Crippen molar-refractivity contribution < 1.29 is 19.0 Å². The SMILES string of the molecule is Cn1cc(-n2ccc3nc(Nc4cc(C(=O)NCC5CCOCC5)cs4)nc(O[C@H]4CCOC4)c32)cn1. The van der Waals surface area contributed by atoms with Gasteiger partial charge in [0.2, 0.25) is 11.8 Å². The number of fused-ring (bicyclic) bond motifs is 1. The van der Waals surface area contributed by atoms with Crippen LogP contribution >= 0.6 is 11.3 Å². The summed E-state index contributed by atoms with van der Waals surface area (Å²) >= 11 is 1.43. The Labute approximate surface area is 217 Å². The number of thiophene rings is 1. The molecule has 6 rings (SSSR count). The van der Waals surface area contributed by atoms with Crippen molar-refractivity contribution in [3.05, 3.63) is 41.7 Å². The lowest BCUT2D eigenvalue weighted by Crippen LogP contribution is -2.31. The van der Waals surface area contributed by atoms with Crippen LogP contribution in [-0.2, 0) is 16.5 Å². The maximum absolute atomic E-state index is 12.7. The van der Waals surface area contributed by atoms with Crippen LogP contribution in [-0.4, -0.2) is 69.3 Å². The summed E-state index contributed by atoms with van der Waals surface area (Å²) < 4.78 is 20.9. The van der Waals surface area contributed by atoms with Crippen molar-refractivity contribution in [3.63, 3.8) is 0 Å². The van der Waals surface area contributed by atoms with E-state index in [1.807, 2.05) is 41.5 Å². The molecule has 37 heavy (non-hydrogen) atoms. The minimum Gasteiger partial charge on any atom is -0.470 e. The van der Waals surface area contributed by atoms with Gasteiger partial charge in [-0.2, -0.15) is 10.1 Å². The first kappa shape index (κ1) is 23.9. The highest BCUT2D eigenvalue weighted by atomic mass is 32.1. The van der Waals surface area contributed by atoms with E-state index in [0.29, 0.717) is 43.1 Å². The molecule has 4 aromatic heterocycles. The molecule has 2 N–H and O–H groups in total. The van der Waals surface area contributed by atoms with E-state index >= 15 is 0 Å². The van der Waals surface area contributed by atoms with Crippen LogP contribution in [0.15, 0.2) is 36.1 Å². The summed E-state index contributed by atoms with van der Waals surface area (Å²) in [7, 11) is 1.88. The van der Waals surface area contributed by atoms with E-state index in [1.54, 1.807) is 10.9 Å². The summed E-state index contributed by atoms with van der Waals surface area (Å²) in [6.07, 6.45) is 8.34. The van der Waals surface area contributed by atoms with E-state index in [1.165, 1.54) is 11.3 Å². The van der Waals surface area contributed by atoms with Crippen molar-refractivity contribution in [2.45, 2.75) is 25.4 Å². The van der Waals surface area contributed by atoms with Crippen molar-refractivity contribution in [2.24, 2.45) is 13.0 Å². The maximum atomic E-state index is 12.7. The number of amides is 1. The van der Waals surface area contributed by atoms with E-state index in [4.69, 9.17) is 24.2 Å². The minimum absolute atomic E-state index is 0.0732. The van der Waals surface area contributed by atoms with Gasteiger partial charge in [0.25, 0.3) is 5.91 Å². The molecule has 0 aromatic carbocycles. The lowest BCUT2D eigenvalue weighted by atomic mass is 10.0. The molecule has 6 heterocycles. The standard InChI is InChI=1S/C25H29N7O4S/c1-31-13-18(12-27-31)32-6-2-20-22(32)24(36-19-5-9-35-14-19)30-25(28-20)29-21-10-17(15-37-21)23(33)26-11-16-3-7-34-8-4-16/h2,6,10,12-13,15-16,19H,3-5,7-9,11,14H2,1H3,(H,26,33)(H,28,29,30)/t19-/m0/s1. The number of hydrogen-bond donors (Lipinski definition) is 2. The summed E-state index contributed by atoms with van der Waals surface area (Å²) in [5.74, 6) is 1.27. The molecule has 12 heteroatoms. The van der Waals surface area contributed by atoms with E-state index < -0.39 is 0 Å². The van der Waals surface area contributed by atoms with Gasteiger partial charge in [-0.25, -0.2) is 4.98 Å². The predicted octanol–water partition coefficient (Wildman–Crippen LogP) is 3.28. The van der Waals surface area contributed by atoms with Crippen LogP contribution in [0, 0.1) is 5.92 Å². The maximum Gasteiger partial charge on any atom is 0.252 e. The molecule has 0 spiro atoms. The zero-order valence-electron chi connectivity index (χ0n) is 20.6. The molecular formula is C25H29N7O4S. The van der Waals surface area contributed by atoms with Gasteiger partial charge in [-0.3, -0.25) is 9.48 Å². The number of carbonyl (C=O) groups is 1. The Kier molecular flexibility index (Phi) is 6.77. The van der Waals surface area contributed by atoms with Crippen LogP contribution in [0.1, 0.15) is 29.6 Å². The molecule has 2 fully saturated rings. The molecular weight excluding hydrogens is 494 g/mol. The molecule has 1 atom stereocenters. The second-order valence-electron chi connectivity index (χ2n) is 9.34. The molecule has 2 aliphatic rings. The van der Waals surface area contributed by atoms with Crippen LogP contribution < -0.4 is 15.4 Å². The van der Waals surface area contributed by atoms with Crippen molar-refractivity contribution in [1.82, 2.24) is 29.6 Å². The number of aryl methyl sites for hydroxylation is 1. The molecule has 0 bridgehead atoms. The summed E-state index contributed by atoms with van der Waals surface area (Å²) in [4.78, 5) is 22.1. The predicted molar refractivity (Wildman–Crippen MR) is 139 cm³/mol. The van der Waals surface area contributed by atoms with E-state index in [9.17, 15) is 4.79 Å². The first-order valence-corrected chi connectivity index (χ1v) is 13.3. The Morgan fingerprint density at radius 1 is 1.22 bits per heavy atom. The Morgan fingerprint density at radius 2 is 2.08 bits per heavy atom. The van der Waals surface area contributed by atoms with E-state index in [2.05, 4.69) is 15.7 Å². The Hall–Kier alpha value is -3.48. The number of rotatable bonds is 8. The zero-order chi connectivity index (χ0) is 25.2. The minimum atomic E-state index is -0.0778. The number of carbonyl (C=O) groups excluding carboxylic acids is 1. The van der Waals surface area contributed by atoms with E-state index in [-0.39, 0.29) is 12.0 Å². The number of anilines is 2. The van der Waals surface area contributed by atoms with Crippen molar-refractivity contribution in [2.75, 3.05) is 38.3 Å². The molecule has 0 saturated carbocycles. The molecule has 1 amide bonds. The van der Waals surface area contributed by atoms with Gasteiger partial charge in [-0.15, -0.1) is 11.3 Å². The molecule has 0 radical (unpaired) electrons. The number of hydrogen-bond acceptors (Lipinski definition) is 9. The third-order valence-corrected chi connectivity index (χ3v) is 7.47. The van der Waals surface area contributed by atoms with Gasteiger partial charge in [0, 0.05) is 51.0 Å². The average molecular weight is 524 g/mol. The Bertz CT molecular complexity index is 1380. The van der Waals surface area contributed by atoms with Gasteiger partial charge in [0.15, 0.2) is 0 Å². The Balaban J connectivity index is 1.22. The van der Waals surface area contributed by atoms with Crippen LogP contribution in [0.25, 0.3) is 16.7 Å². The highest BCUT2D eigenvalue weighted by molar-refractivity contribution is 7.14. The topological polar surface area (TPSA) is 117 Å². The highest BCUT2D eigenvalue weighted by Crippen LogP contribution is 2.31. The number of nitrogens with zero attached hydrogens (tertiary/aromatic N) is 5. The largest absolute Gasteiger partial charge is 0.470 e.